The van der Waals surface area contributed by atoms with Crippen molar-refractivity contribution in [2.45, 2.75) is 58.9 Å². The fourth-order valence-corrected chi connectivity index (χ4v) is 6.64. The van der Waals surface area contributed by atoms with Crippen LogP contribution in [0.15, 0.2) is 85.1 Å². The number of rotatable bonds is 6. The highest BCUT2D eigenvalue weighted by molar-refractivity contribution is 6.20. The van der Waals surface area contributed by atoms with Gasteiger partial charge in [-0.25, -0.2) is 0 Å². The van der Waals surface area contributed by atoms with Crippen LogP contribution in [0.3, 0.4) is 0 Å². The van der Waals surface area contributed by atoms with Gasteiger partial charge in [0.1, 0.15) is 0 Å². The highest BCUT2D eigenvalue weighted by atomic mass is 15.0. The summed E-state index contributed by atoms with van der Waals surface area (Å²) in [4.78, 5) is 0. The molecule has 2 nitrogen and oxygen atoms in total. The Labute approximate surface area is 208 Å². The van der Waals surface area contributed by atoms with Gasteiger partial charge in [-0.3, -0.25) is 0 Å². The van der Waals surface area contributed by atoms with E-state index in [-0.39, 0.29) is 0 Å². The van der Waals surface area contributed by atoms with Crippen molar-refractivity contribution in [3.63, 3.8) is 0 Å². The minimum absolute atomic E-state index is 0.637. The van der Waals surface area contributed by atoms with Crippen LogP contribution in [0.5, 0.6) is 0 Å². The standard InChI is InChI=1S/C33H36N2/c1-3-13-25(24-14-7-5-8-15-24)22-26-23-34(4-2)33-28(26)20-21-31-32(33)29-18-11-12-19-30(29)35(31)27-16-9-6-10-17-27/h3,6,9-13,16-21,23-25H,4-5,7-8,14-15,22H2,1-2H3/b13-3-. The van der Waals surface area contributed by atoms with Gasteiger partial charge in [0, 0.05) is 34.6 Å². The molecule has 0 amide bonds. The molecule has 0 aliphatic heterocycles. The molecule has 1 saturated carbocycles. The van der Waals surface area contributed by atoms with Gasteiger partial charge >= 0.3 is 0 Å². The lowest BCUT2D eigenvalue weighted by Gasteiger charge is -2.28. The Hall–Kier alpha value is -3.26. The van der Waals surface area contributed by atoms with Gasteiger partial charge in [0.05, 0.1) is 16.6 Å². The Balaban J connectivity index is 1.57. The van der Waals surface area contributed by atoms with Crippen molar-refractivity contribution in [3.8, 4) is 5.69 Å². The number of aryl methyl sites for hydroxylation is 1. The number of nitrogens with zero attached hydrogens (tertiary/aromatic N) is 2. The molecule has 6 rings (SSSR count). The van der Waals surface area contributed by atoms with E-state index in [1.54, 1.807) is 0 Å². The summed E-state index contributed by atoms with van der Waals surface area (Å²) in [6.45, 7) is 5.45. The average molecular weight is 461 g/mol. The van der Waals surface area contributed by atoms with Gasteiger partial charge in [-0.05, 0) is 74.8 Å². The van der Waals surface area contributed by atoms with Crippen LogP contribution in [0.25, 0.3) is 38.4 Å². The minimum Gasteiger partial charge on any atom is -0.347 e. The lowest BCUT2D eigenvalue weighted by Crippen LogP contribution is -2.18. The SMILES string of the molecule is C/C=C\C(Cc1cn(CC)c2c1ccc1c2c2ccccc2n1-c1ccccc1)C1CCCCC1. The first-order chi connectivity index (χ1) is 17.3. The van der Waals surface area contributed by atoms with E-state index in [9.17, 15) is 0 Å². The number of hydrogen-bond donors (Lipinski definition) is 0. The van der Waals surface area contributed by atoms with Crippen molar-refractivity contribution in [3.05, 3.63) is 90.6 Å². The summed E-state index contributed by atoms with van der Waals surface area (Å²) >= 11 is 0. The number of aromatic nitrogens is 2. The first-order valence-electron chi connectivity index (χ1n) is 13.5. The third-order valence-electron chi connectivity index (χ3n) is 8.26. The Morgan fingerprint density at radius 2 is 1.63 bits per heavy atom. The highest BCUT2D eigenvalue weighted by Gasteiger charge is 2.24. The molecule has 178 valence electrons. The maximum Gasteiger partial charge on any atom is 0.0584 e. The zero-order chi connectivity index (χ0) is 23.8. The normalized spacial score (nSPS) is 16.2. The molecule has 1 aliphatic carbocycles. The van der Waals surface area contributed by atoms with Gasteiger partial charge in [-0.2, -0.15) is 0 Å². The second-order valence-electron chi connectivity index (χ2n) is 10.3. The largest absolute Gasteiger partial charge is 0.347 e. The van der Waals surface area contributed by atoms with E-state index >= 15 is 0 Å². The zero-order valence-corrected chi connectivity index (χ0v) is 21.1. The predicted molar refractivity (Wildman–Crippen MR) is 151 cm³/mol. The summed E-state index contributed by atoms with van der Waals surface area (Å²) in [5.41, 5.74) is 6.70. The third kappa shape index (κ3) is 3.80. The number of hydrogen-bond acceptors (Lipinski definition) is 0. The molecule has 2 heterocycles. The molecule has 35 heavy (non-hydrogen) atoms. The van der Waals surface area contributed by atoms with E-state index in [0.717, 1.165) is 18.9 Å². The smallest absolute Gasteiger partial charge is 0.0584 e. The van der Waals surface area contributed by atoms with E-state index < -0.39 is 0 Å². The molecule has 1 aliphatic rings. The van der Waals surface area contributed by atoms with E-state index in [4.69, 9.17) is 0 Å². The van der Waals surface area contributed by atoms with Crippen LogP contribution in [0.2, 0.25) is 0 Å². The van der Waals surface area contributed by atoms with Gasteiger partial charge in [-0.15, -0.1) is 0 Å². The Kier molecular flexibility index (Phi) is 5.98. The number of para-hydroxylation sites is 2. The Morgan fingerprint density at radius 1 is 0.857 bits per heavy atom. The molecule has 5 aromatic rings. The van der Waals surface area contributed by atoms with Gasteiger partial charge in [0.25, 0.3) is 0 Å². The molecule has 0 spiro atoms. The van der Waals surface area contributed by atoms with Crippen LogP contribution >= 0.6 is 0 Å². The van der Waals surface area contributed by atoms with Crippen molar-refractivity contribution < 1.29 is 0 Å². The Morgan fingerprint density at radius 3 is 2.40 bits per heavy atom. The molecule has 3 aromatic carbocycles. The second-order valence-corrected chi connectivity index (χ2v) is 10.3. The molecule has 0 bridgehead atoms. The number of fused-ring (bicyclic) bond motifs is 5. The predicted octanol–water partition coefficient (Wildman–Crippen LogP) is 9.07. The first-order valence-corrected chi connectivity index (χ1v) is 13.5. The maximum absolute atomic E-state index is 2.50. The van der Waals surface area contributed by atoms with Crippen molar-refractivity contribution in [2.75, 3.05) is 0 Å². The summed E-state index contributed by atoms with van der Waals surface area (Å²) in [6, 6.07) is 24.4. The quantitative estimate of drug-likeness (QED) is 0.224. The summed E-state index contributed by atoms with van der Waals surface area (Å²) in [7, 11) is 0. The summed E-state index contributed by atoms with van der Waals surface area (Å²) in [5.74, 6) is 1.46. The van der Waals surface area contributed by atoms with Gasteiger partial charge in [0.2, 0.25) is 0 Å². The van der Waals surface area contributed by atoms with E-state index in [0.29, 0.717) is 5.92 Å². The summed E-state index contributed by atoms with van der Waals surface area (Å²) < 4.78 is 4.93. The van der Waals surface area contributed by atoms with E-state index in [1.165, 1.54) is 76.1 Å². The van der Waals surface area contributed by atoms with E-state index in [1.807, 2.05) is 0 Å². The number of benzene rings is 3. The molecule has 0 saturated heterocycles. The fourth-order valence-electron chi connectivity index (χ4n) is 6.64. The molecule has 2 aromatic heterocycles. The molecule has 1 atom stereocenters. The monoisotopic (exact) mass is 460 g/mol. The van der Waals surface area contributed by atoms with Crippen LogP contribution in [-0.2, 0) is 13.0 Å². The third-order valence-corrected chi connectivity index (χ3v) is 8.26. The van der Waals surface area contributed by atoms with Gasteiger partial charge in [-0.1, -0.05) is 73.9 Å². The van der Waals surface area contributed by atoms with Crippen LogP contribution in [0, 0.1) is 11.8 Å². The van der Waals surface area contributed by atoms with Crippen molar-refractivity contribution in [2.24, 2.45) is 11.8 Å². The van der Waals surface area contributed by atoms with Gasteiger partial charge in [0.15, 0.2) is 0 Å². The van der Waals surface area contributed by atoms with Crippen LogP contribution in [0.1, 0.15) is 51.5 Å². The summed E-state index contributed by atoms with van der Waals surface area (Å²) in [6.07, 6.45) is 15.3. The summed E-state index contributed by atoms with van der Waals surface area (Å²) in [5, 5.41) is 4.16. The van der Waals surface area contributed by atoms with Crippen LogP contribution < -0.4 is 0 Å². The van der Waals surface area contributed by atoms with Crippen LogP contribution in [0.4, 0.5) is 0 Å². The molecule has 1 unspecified atom stereocenters. The second kappa shape index (κ2) is 9.41. The minimum atomic E-state index is 0.637. The van der Waals surface area contributed by atoms with Crippen LogP contribution in [-0.4, -0.2) is 9.13 Å². The molecular weight excluding hydrogens is 424 g/mol. The fraction of sp³-hybridized carbons (Fsp3) is 0.333. The zero-order valence-electron chi connectivity index (χ0n) is 21.1. The van der Waals surface area contributed by atoms with Crippen molar-refractivity contribution >= 4 is 32.7 Å². The lowest BCUT2D eigenvalue weighted by atomic mass is 9.77. The van der Waals surface area contributed by atoms with Crippen molar-refractivity contribution in [1.29, 1.82) is 0 Å². The average Bonchev–Trinajstić information content (AvgIpc) is 3.44. The maximum atomic E-state index is 2.50. The number of allylic oxidation sites excluding steroid dienone is 2. The molecule has 2 heteroatoms. The Bertz CT molecular complexity index is 1490. The first kappa shape index (κ1) is 22.2. The van der Waals surface area contributed by atoms with E-state index in [2.05, 4.69) is 108 Å². The van der Waals surface area contributed by atoms with Gasteiger partial charge < -0.3 is 9.13 Å². The molecular formula is C33H36N2. The van der Waals surface area contributed by atoms with Crippen molar-refractivity contribution in [1.82, 2.24) is 9.13 Å². The lowest BCUT2D eigenvalue weighted by molar-refractivity contribution is 0.285. The highest BCUT2D eigenvalue weighted by Crippen LogP contribution is 2.40. The molecule has 1 fully saturated rings. The topological polar surface area (TPSA) is 9.86 Å². The molecule has 0 radical (unpaired) electrons. The molecule has 0 N–H and O–H groups in total.